The van der Waals surface area contributed by atoms with Gasteiger partial charge < -0.3 is 10.6 Å². The highest BCUT2D eigenvalue weighted by molar-refractivity contribution is 9.10. The maximum Gasteiger partial charge on any atom is 0.225 e. The Kier molecular flexibility index (Phi) is 5.50. The van der Waals surface area contributed by atoms with Gasteiger partial charge in [0.05, 0.1) is 11.6 Å². The highest BCUT2D eigenvalue weighted by Crippen LogP contribution is 2.37. The van der Waals surface area contributed by atoms with Crippen LogP contribution in [0, 0.1) is 18.3 Å². The number of nitriles is 1. The average molecular weight is 481 g/mol. The van der Waals surface area contributed by atoms with Crippen LogP contribution in [0.3, 0.4) is 0 Å². The minimum Gasteiger partial charge on any atom is -0.351 e. The molecule has 160 valence electrons. The van der Waals surface area contributed by atoms with E-state index < -0.39 is 0 Å². The van der Waals surface area contributed by atoms with E-state index in [0.29, 0.717) is 30.5 Å². The average Bonchev–Trinajstić information content (AvgIpc) is 3.25. The lowest BCUT2D eigenvalue weighted by molar-refractivity contribution is 0.135. The van der Waals surface area contributed by atoms with E-state index in [1.54, 1.807) is 0 Å². The smallest absolute Gasteiger partial charge is 0.225 e. The largest absolute Gasteiger partial charge is 0.351 e. The van der Waals surface area contributed by atoms with Crippen molar-refractivity contribution in [2.45, 2.75) is 57.2 Å². The van der Waals surface area contributed by atoms with Crippen LogP contribution in [0.4, 0.5) is 17.6 Å². The fourth-order valence-corrected chi connectivity index (χ4v) is 5.33. The Morgan fingerprint density at radius 2 is 2.03 bits per heavy atom. The van der Waals surface area contributed by atoms with Gasteiger partial charge in [0.1, 0.15) is 5.82 Å². The van der Waals surface area contributed by atoms with Crippen molar-refractivity contribution >= 4 is 44.4 Å². The van der Waals surface area contributed by atoms with Gasteiger partial charge in [0.25, 0.3) is 0 Å². The first-order chi connectivity index (χ1) is 15.1. The van der Waals surface area contributed by atoms with E-state index in [4.69, 9.17) is 15.2 Å². The molecular weight excluding hydrogens is 456 g/mol. The van der Waals surface area contributed by atoms with Crippen molar-refractivity contribution in [2.24, 2.45) is 0 Å². The third kappa shape index (κ3) is 4.23. The van der Waals surface area contributed by atoms with Crippen LogP contribution < -0.4 is 10.6 Å². The fraction of sp³-hybridized carbons (Fsp3) is 0.455. The Bertz CT molecular complexity index is 1120. The number of fused-ring (bicyclic) bond motifs is 3. The maximum absolute atomic E-state index is 8.95. The highest BCUT2D eigenvalue weighted by atomic mass is 79.9. The molecule has 2 unspecified atom stereocenters. The number of anilines is 3. The summed E-state index contributed by atoms with van der Waals surface area (Å²) in [5.74, 6) is 2.10. The van der Waals surface area contributed by atoms with Crippen LogP contribution in [0.1, 0.15) is 37.8 Å². The summed E-state index contributed by atoms with van der Waals surface area (Å²) in [7, 11) is 0. The van der Waals surface area contributed by atoms with E-state index in [1.807, 2.05) is 31.2 Å². The SMILES string of the molecule is Cc1cc(Nc2nc(NC3CC4CCC(C3)N4CCC#N)nc3cc(Br)ccc23)n[nH]1. The Labute approximate surface area is 189 Å². The normalized spacial score (nSPS) is 23.1. The summed E-state index contributed by atoms with van der Waals surface area (Å²) in [5, 5.41) is 24.1. The monoisotopic (exact) mass is 480 g/mol. The van der Waals surface area contributed by atoms with Crippen LogP contribution in [-0.2, 0) is 0 Å². The predicted molar refractivity (Wildman–Crippen MR) is 124 cm³/mol. The van der Waals surface area contributed by atoms with Gasteiger partial charge in [0, 0.05) is 52.7 Å². The third-order valence-electron chi connectivity index (χ3n) is 6.31. The third-order valence-corrected chi connectivity index (χ3v) is 6.80. The quantitative estimate of drug-likeness (QED) is 0.477. The molecular formula is C22H25BrN8. The van der Waals surface area contributed by atoms with E-state index in [0.717, 1.165) is 52.1 Å². The number of rotatable bonds is 6. The first-order valence-electron chi connectivity index (χ1n) is 10.7. The van der Waals surface area contributed by atoms with Crippen LogP contribution >= 0.6 is 15.9 Å². The number of hydrogen-bond donors (Lipinski definition) is 3. The zero-order valence-electron chi connectivity index (χ0n) is 17.4. The first-order valence-corrected chi connectivity index (χ1v) is 11.5. The molecule has 0 radical (unpaired) electrons. The van der Waals surface area contributed by atoms with E-state index in [9.17, 15) is 0 Å². The standard InChI is InChI=1S/C22H25BrN8/c1-13-9-20(30-29-13)27-21-18-6-3-14(23)10-19(18)26-22(28-21)25-15-11-16-4-5-17(12-15)31(16)8-2-7-24/h3,6,9-10,15-17H,2,4-5,8,11-12H2,1H3,(H3,25,26,27,28,29,30). The second kappa shape index (κ2) is 8.44. The number of aryl methyl sites for hydroxylation is 1. The number of aromatic nitrogens is 4. The molecule has 3 N–H and O–H groups in total. The number of hydrogen-bond acceptors (Lipinski definition) is 7. The molecule has 2 atom stereocenters. The van der Waals surface area contributed by atoms with Crippen molar-refractivity contribution in [2.75, 3.05) is 17.2 Å². The summed E-state index contributed by atoms with van der Waals surface area (Å²) in [5.41, 5.74) is 1.86. The molecule has 9 heteroatoms. The van der Waals surface area contributed by atoms with Crippen LogP contribution in [0.15, 0.2) is 28.7 Å². The van der Waals surface area contributed by atoms with E-state index in [1.165, 1.54) is 12.8 Å². The predicted octanol–water partition coefficient (Wildman–Crippen LogP) is 4.49. The fourth-order valence-electron chi connectivity index (χ4n) is 4.98. The van der Waals surface area contributed by atoms with Gasteiger partial charge in [-0.05, 0) is 50.8 Å². The van der Waals surface area contributed by atoms with Gasteiger partial charge in [-0.2, -0.15) is 15.3 Å². The molecule has 5 rings (SSSR count). The molecule has 0 amide bonds. The molecule has 4 heterocycles. The van der Waals surface area contributed by atoms with Crippen molar-refractivity contribution in [3.63, 3.8) is 0 Å². The van der Waals surface area contributed by atoms with Crippen molar-refractivity contribution < 1.29 is 0 Å². The molecule has 0 saturated carbocycles. The van der Waals surface area contributed by atoms with Gasteiger partial charge in [-0.3, -0.25) is 10.00 Å². The summed E-state index contributed by atoms with van der Waals surface area (Å²) < 4.78 is 0.982. The number of nitrogens with one attached hydrogen (secondary N) is 3. The zero-order valence-corrected chi connectivity index (χ0v) is 19.0. The molecule has 8 nitrogen and oxygen atoms in total. The molecule has 2 aliphatic heterocycles. The second-order valence-electron chi connectivity index (χ2n) is 8.46. The molecule has 2 aromatic heterocycles. The van der Waals surface area contributed by atoms with Gasteiger partial charge >= 0.3 is 0 Å². The van der Waals surface area contributed by atoms with Crippen LogP contribution in [0.2, 0.25) is 0 Å². The highest BCUT2D eigenvalue weighted by Gasteiger charge is 2.40. The minimum absolute atomic E-state index is 0.334. The number of halogens is 1. The van der Waals surface area contributed by atoms with Crippen molar-refractivity contribution in [1.29, 1.82) is 5.26 Å². The van der Waals surface area contributed by atoms with Crippen molar-refractivity contribution in [1.82, 2.24) is 25.1 Å². The molecule has 0 spiro atoms. The molecule has 3 aromatic rings. The minimum atomic E-state index is 0.334. The topological polar surface area (TPSA) is 106 Å². The van der Waals surface area contributed by atoms with E-state index in [2.05, 4.69) is 47.7 Å². The van der Waals surface area contributed by atoms with E-state index in [-0.39, 0.29) is 0 Å². The lowest BCUT2D eigenvalue weighted by atomic mass is 9.97. The second-order valence-corrected chi connectivity index (χ2v) is 9.38. The summed E-state index contributed by atoms with van der Waals surface area (Å²) in [6, 6.07) is 11.7. The molecule has 2 bridgehead atoms. The molecule has 31 heavy (non-hydrogen) atoms. The Balaban J connectivity index is 1.39. The van der Waals surface area contributed by atoms with E-state index >= 15 is 0 Å². The summed E-state index contributed by atoms with van der Waals surface area (Å²) in [4.78, 5) is 12.1. The van der Waals surface area contributed by atoms with Gasteiger partial charge in [-0.25, -0.2) is 4.98 Å². The van der Waals surface area contributed by atoms with Crippen LogP contribution in [-0.4, -0.2) is 49.7 Å². The lowest BCUT2D eigenvalue weighted by Gasteiger charge is -2.38. The van der Waals surface area contributed by atoms with Gasteiger partial charge in [-0.15, -0.1) is 0 Å². The summed E-state index contributed by atoms with van der Waals surface area (Å²) in [6.45, 7) is 2.86. The summed E-state index contributed by atoms with van der Waals surface area (Å²) in [6.07, 6.45) is 5.15. The molecule has 2 saturated heterocycles. The number of nitrogens with zero attached hydrogens (tertiary/aromatic N) is 5. The van der Waals surface area contributed by atoms with Crippen LogP contribution in [0.5, 0.6) is 0 Å². The summed E-state index contributed by atoms with van der Waals surface area (Å²) >= 11 is 3.55. The van der Waals surface area contributed by atoms with Gasteiger partial charge in [0.15, 0.2) is 5.82 Å². The Hall–Kier alpha value is -2.70. The van der Waals surface area contributed by atoms with Gasteiger partial charge in [-0.1, -0.05) is 15.9 Å². The van der Waals surface area contributed by atoms with Gasteiger partial charge in [0.2, 0.25) is 5.95 Å². The Morgan fingerprint density at radius 3 is 2.74 bits per heavy atom. The number of piperidine rings is 1. The number of aromatic amines is 1. The van der Waals surface area contributed by atoms with Crippen molar-refractivity contribution in [3.8, 4) is 6.07 Å². The lowest BCUT2D eigenvalue weighted by Crippen LogP contribution is -2.47. The van der Waals surface area contributed by atoms with Crippen LogP contribution in [0.25, 0.3) is 10.9 Å². The molecule has 1 aromatic carbocycles. The molecule has 2 fully saturated rings. The maximum atomic E-state index is 8.95. The first kappa shape index (κ1) is 20.2. The number of benzene rings is 1. The zero-order chi connectivity index (χ0) is 21.4. The number of H-pyrrole nitrogens is 1. The molecule has 0 aliphatic carbocycles. The molecule has 2 aliphatic rings. The van der Waals surface area contributed by atoms with Crippen molar-refractivity contribution in [3.05, 3.63) is 34.4 Å². The Morgan fingerprint density at radius 1 is 1.23 bits per heavy atom.